The molecule has 0 unspecified atom stereocenters. The Morgan fingerprint density at radius 2 is 2.00 bits per heavy atom. The first-order chi connectivity index (χ1) is 1.91. The summed E-state index contributed by atoms with van der Waals surface area (Å²) in [6.45, 7) is 2.06. The summed E-state index contributed by atoms with van der Waals surface area (Å²) < 4.78 is 0. The molecule has 0 saturated carbocycles. The summed E-state index contributed by atoms with van der Waals surface area (Å²) in [5, 5.41) is 0. The molecule has 0 fully saturated rings. The molecule has 0 aliphatic carbocycles. The monoisotopic (exact) mass is 54.1 g/mol. The van der Waals surface area contributed by atoms with Gasteiger partial charge in [-0.15, -0.1) is 0 Å². The summed E-state index contributed by atoms with van der Waals surface area (Å²) in [7, 11) is 5.03. The third kappa shape index (κ3) is 2.06. The molecule has 0 spiro atoms. The van der Waals surface area contributed by atoms with Crippen LogP contribution in [0.1, 0.15) is 13.3 Å². The van der Waals surface area contributed by atoms with Crippen molar-refractivity contribution in [3.05, 3.63) is 0 Å². The minimum absolute atomic E-state index is 0.819. The van der Waals surface area contributed by atoms with E-state index in [4.69, 9.17) is 7.85 Å². The van der Waals surface area contributed by atoms with Gasteiger partial charge in [-0.25, -0.2) is 0 Å². The van der Waals surface area contributed by atoms with Crippen LogP contribution >= 0.6 is 0 Å². The standard InChI is InChI=1S/C3H7B/c1-2-3-4/h2-3H2,1H3/q-1. The number of hydrogen-bond acceptors (Lipinski definition) is 0. The van der Waals surface area contributed by atoms with Crippen molar-refractivity contribution in [3.63, 3.8) is 0 Å². The highest BCUT2D eigenvalue weighted by Crippen LogP contribution is 1.73. The predicted molar refractivity (Wildman–Crippen MR) is 20.9 cm³/mol. The van der Waals surface area contributed by atoms with E-state index in [2.05, 4.69) is 6.92 Å². The van der Waals surface area contributed by atoms with E-state index in [9.17, 15) is 0 Å². The van der Waals surface area contributed by atoms with E-state index in [1.165, 1.54) is 0 Å². The average Bonchev–Trinajstić information content (AvgIpc) is 1.37. The summed E-state index contributed by atoms with van der Waals surface area (Å²) in [5.74, 6) is 0. The Morgan fingerprint density at radius 3 is 2.00 bits per heavy atom. The fraction of sp³-hybridized carbons (Fsp3) is 1.00. The first-order valence-electron chi connectivity index (χ1n) is 1.62. The van der Waals surface area contributed by atoms with Gasteiger partial charge in [-0.3, -0.25) is 6.32 Å². The Balaban J connectivity index is 1.97. The quantitative estimate of drug-likeness (QED) is 0.391. The van der Waals surface area contributed by atoms with E-state index in [1.54, 1.807) is 0 Å². The fourth-order valence-electron chi connectivity index (χ4n) is 0. The van der Waals surface area contributed by atoms with Crippen molar-refractivity contribution >= 4 is 7.85 Å². The van der Waals surface area contributed by atoms with Crippen LogP contribution in [-0.4, -0.2) is 7.85 Å². The highest BCUT2D eigenvalue weighted by molar-refractivity contribution is 6.08. The van der Waals surface area contributed by atoms with Gasteiger partial charge in [-0.1, -0.05) is 13.3 Å². The predicted octanol–water partition coefficient (Wildman–Crippen LogP) is 0.983. The lowest BCUT2D eigenvalue weighted by Crippen LogP contribution is -1.55. The lowest BCUT2D eigenvalue weighted by molar-refractivity contribution is 1.08. The highest BCUT2D eigenvalue weighted by atomic mass is 13.5. The van der Waals surface area contributed by atoms with Gasteiger partial charge in [0.05, 0.1) is 0 Å². The second-order valence-corrected chi connectivity index (χ2v) is 0.789. The Hall–Kier alpha value is 0.0649. The Morgan fingerprint density at radius 1 is 1.75 bits per heavy atom. The van der Waals surface area contributed by atoms with Gasteiger partial charge in [0.1, 0.15) is 0 Å². The van der Waals surface area contributed by atoms with Crippen LogP contribution in [0.4, 0.5) is 0 Å². The van der Waals surface area contributed by atoms with Crippen LogP contribution in [0, 0.1) is 0 Å². The second-order valence-electron chi connectivity index (χ2n) is 0.789. The van der Waals surface area contributed by atoms with Crippen LogP contribution in [0.2, 0.25) is 6.32 Å². The van der Waals surface area contributed by atoms with Crippen LogP contribution in [0.15, 0.2) is 0 Å². The zero-order valence-electron chi connectivity index (χ0n) is 2.99. The Bertz CT molecular complexity index is 5.25. The van der Waals surface area contributed by atoms with E-state index >= 15 is 0 Å². The Kier molecular flexibility index (Phi) is 3.11. The molecular weight excluding hydrogens is 46.8 g/mol. The zero-order chi connectivity index (χ0) is 3.41. The van der Waals surface area contributed by atoms with Gasteiger partial charge in [-0.2, -0.15) is 0 Å². The largest absolute Gasteiger partial charge is 0.626 e. The molecule has 0 nitrogen and oxygen atoms in total. The summed E-state index contributed by atoms with van der Waals surface area (Å²) in [5.41, 5.74) is 0. The van der Waals surface area contributed by atoms with Gasteiger partial charge < -0.3 is 7.85 Å². The van der Waals surface area contributed by atoms with Gasteiger partial charge in [-0.05, 0) is 0 Å². The molecule has 0 N–H and O–H groups in total. The fourth-order valence-corrected chi connectivity index (χ4v) is 0. The van der Waals surface area contributed by atoms with Crippen molar-refractivity contribution in [2.45, 2.75) is 19.7 Å². The first kappa shape index (κ1) is 4.06. The van der Waals surface area contributed by atoms with E-state index in [0.29, 0.717) is 0 Å². The topological polar surface area (TPSA) is 0 Å². The first-order valence-corrected chi connectivity index (χ1v) is 1.62. The van der Waals surface area contributed by atoms with Gasteiger partial charge in [0, 0.05) is 0 Å². The maximum atomic E-state index is 5.03. The van der Waals surface area contributed by atoms with Gasteiger partial charge in [0.25, 0.3) is 0 Å². The molecule has 0 bridgehead atoms. The van der Waals surface area contributed by atoms with Gasteiger partial charge in [0.15, 0.2) is 0 Å². The van der Waals surface area contributed by atoms with Crippen LogP contribution in [0.25, 0.3) is 0 Å². The number of rotatable bonds is 1. The molecule has 0 saturated heterocycles. The molecule has 0 aromatic carbocycles. The molecule has 3 radical (unpaired) electrons. The molecule has 23 valence electrons. The summed E-state index contributed by atoms with van der Waals surface area (Å²) in [6.07, 6.45) is 1.92. The maximum absolute atomic E-state index is 5.03. The number of hydrogen-bond donors (Lipinski definition) is 0. The molecular formula is C3H7B-. The molecule has 0 aliphatic rings. The smallest absolute Gasteiger partial charge is 0.0687 e. The van der Waals surface area contributed by atoms with Crippen molar-refractivity contribution in [3.8, 4) is 0 Å². The van der Waals surface area contributed by atoms with Crippen LogP contribution in [0.5, 0.6) is 0 Å². The SMILES string of the molecule is [B-]CCC. The summed E-state index contributed by atoms with van der Waals surface area (Å²) >= 11 is 0. The summed E-state index contributed by atoms with van der Waals surface area (Å²) in [4.78, 5) is 0. The molecule has 0 amide bonds. The van der Waals surface area contributed by atoms with E-state index < -0.39 is 0 Å². The molecule has 0 aromatic rings. The van der Waals surface area contributed by atoms with Crippen molar-refractivity contribution in [2.24, 2.45) is 0 Å². The molecule has 0 rings (SSSR count). The molecule has 0 aromatic heterocycles. The molecule has 4 heavy (non-hydrogen) atoms. The van der Waals surface area contributed by atoms with Crippen molar-refractivity contribution in [1.29, 1.82) is 0 Å². The average molecular weight is 53.9 g/mol. The van der Waals surface area contributed by atoms with Crippen molar-refractivity contribution < 1.29 is 0 Å². The van der Waals surface area contributed by atoms with E-state index in [1.807, 2.05) is 0 Å². The van der Waals surface area contributed by atoms with Gasteiger partial charge >= 0.3 is 0 Å². The third-order valence-corrected chi connectivity index (χ3v) is 0.289. The maximum Gasteiger partial charge on any atom is -0.0687 e. The van der Waals surface area contributed by atoms with E-state index in [-0.39, 0.29) is 0 Å². The van der Waals surface area contributed by atoms with Crippen molar-refractivity contribution in [1.82, 2.24) is 0 Å². The Labute approximate surface area is 28.6 Å². The van der Waals surface area contributed by atoms with Crippen LogP contribution < -0.4 is 0 Å². The van der Waals surface area contributed by atoms with Crippen molar-refractivity contribution in [2.75, 3.05) is 0 Å². The highest BCUT2D eigenvalue weighted by Gasteiger charge is 1.41. The van der Waals surface area contributed by atoms with Crippen LogP contribution in [0.3, 0.4) is 0 Å². The zero-order valence-corrected chi connectivity index (χ0v) is 2.99. The molecule has 0 atom stereocenters. The second kappa shape index (κ2) is 3.06. The minimum Gasteiger partial charge on any atom is -0.626 e. The summed E-state index contributed by atoms with van der Waals surface area (Å²) in [6, 6.07) is 0. The third-order valence-electron chi connectivity index (χ3n) is 0.289. The lowest BCUT2D eigenvalue weighted by Gasteiger charge is -1.88. The normalized spacial score (nSPS) is 7.50. The van der Waals surface area contributed by atoms with Gasteiger partial charge in [0.2, 0.25) is 0 Å². The van der Waals surface area contributed by atoms with Crippen LogP contribution in [-0.2, 0) is 0 Å². The lowest BCUT2D eigenvalue weighted by atomic mass is 10.0. The molecule has 0 heterocycles. The van der Waals surface area contributed by atoms with E-state index in [0.717, 1.165) is 12.7 Å². The molecule has 0 aliphatic heterocycles. The minimum atomic E-state index is 0.819. The molecule has 1 heteroatoms.